The Balaban J connectivity index is 1.82. The molecule has 0 amide bonds. The second kappa shape index (κ2) is 6.39. The molecule has 102 valence electrons. The summed E-state index contributed by atoms with van der Waals surface area (Å²) in [6.45, 7) is 0. The molecule has 3 rings (SSSR count). The lowest BCUT2D eigenvalue weighted by Crippen LogP contribution is -2.11. The molecule has 3 aromatic rings. The minimum atomic E-state index is 0.257. The van der Waals surface area contributed by atoms with E-state index in [1.807, 2.05) is 12.1 Å². The van der Waals surface area contributed by atoms with Crippen molar-refractivity contribution in [3.05, 3.63) is 68.3 Å². The van der Waals surface area contributed by atoms with Gasteiger partial charge in [0.25, 0.3) is 0 Å². The van der Waals surface area contributed by atoms with Crippen LogP contribution < -0.4 is 5.32 Å². The highest BCUT2D eigenvalue weighted by Crippen LogP contribution is 2.28. The Hall–Kier alpha value is -1.36. The van der Waals surface area contributed by atoms with Crippen molar-refractivity contribution >= 4 is 40.0 Å². The quantitative estimate of drug-likeness (QED) is 0.649. The van der Waals surface area contributed by atoms with Crippen molar-refractivity contribution in [1.82, 2.24) is 4.98 Å². The highest BCUT2D eigenvalue weighted by atomic mass is 35.5. The summed E-state index contributed by atoms with van der Waals surface area (Å²) in [6, 6.07) is 12.6. The van der Waals surface area contributed by atoms with Crippen molar-refractivity contribution in [3.63, 3.8) is 0 Å². The van der Waals surface area contributed by atoms with Crippen LogP contribution in [0.5, 0.6) is 0 Å². The first-order valence-corrected chi connectivity index (χ1v) is 8.39. The van der Waals surface area contributed by atoms with Gasteiger partial charge in [-0.05, 0) is 35.0 Å². The average Bonchev–Trinajstić information content (AvgIpc) is 3.11. The predicted octanol–water partition coefficient (Wildman–Crippen LogP) is 5.25. The maximum absolute atomic E-state index is 5.95. The largest absolute Gasteiger partial charge is 0.377 e. The van der Waals surface area contributed by atoms with E-state index in [1.54, 1.807) is 28.9 Å². The zero-order valence-corrected chi connectivity index (χ0v) is 13.0. The van der Waals surface area contributed by atoms with Gasteiger partial charge in [-0.2, -0.15) is 0 Å². The average molecular weight is 321 g/mol. The van der Waals surface area contributed by atoms with E-state index < -0.39 is 0 Å². The first-order chi connectivity index (χ1) is 9.81. The maximum Gasteiger partial charge on any atom is 0.131 e. The lowest BCUT2D eigenvalue weighted by Gasteiger charge is -2.18. The second-order valence-electron chi connectivity index (χ2n) is 4.36. The highest BCUT2D eigenvalue weighted by Gasteiger charge is 2.14. The molecule has 5 heteroatoms. The molecule has 0 bridgehead atoms. The molecule has 1 N–H and O–H groups in total. The number of aromatic nitrogens is 1. The molecule has 0 spiro atoms. The maximum atomic E-state index is 5.95. The third-order valence-corrected chi connectivity index (χ3v) is 5.03. The molecule has 0 aliphatic rings. The number of anilines is 1. The summed E-state index contributed by atoms with van der Waals surface area (Å²) >= 11 is 9.51. The van der Waals surface area contributed by atoms with Crippen molar-refractivity contribution in [2.45, 2.75) is 12.5 Å². The topological polar surface area (TPSA) is 24.9 Å². The summed E-state index contributed by atoms with van der Waals surface area (Å²) in [5.74, 6) is 0. The van der Waals surface area contributed by atoms with Crippen LogP contribution in [0.25, 0.3) is 0 Å². The van der Waals surface area contributed by atoms with Gasteiger partial charge in [-0.3, -0.25) is 0 Å². The van der Waals surface area contributed by atoms with Gasteiger partial charge in [-0.15, -0.1) is 22.7 Å². The van der Waals surface area contributed by atoms with Gasteiger partial charge in [-0.1, -0.05) is 23.7 Å². The third kappa shape index (κ3) is 3.39. The van der Waals surface area contributed by atoms with Crippen molar-refractivity contribution in [2.75, 3.05) is 5.32 Å². The van der Waals surface area contributed by atoms with Crippen molar-refractivity contribution < 1.29 is 0 Å². The molecule has 20 heavy (non-hydrogen) atoms. The fourth-order valence-corrected chi connectivity index (χ4v) is 3.74. The Morgan fingerprint density at radius 1 is 1.15 bits per heavy atom. The highest BCUT2D eigenvalue weighted by molar-refractivity contribution is 7.10. The summed E-state index contributed by atoms with van der Waals surface area (Å²) in [4.78, 5) is 6.71. The van der Waals surface area contributed by atoms with E-state index in [1.165, 1.54) is 9.75 Å². The number of thiophene rings is 2. The smallest absolute Gasteiger partial charge is 0.131 e. The Morgan fingerprint density at radius 2 is 2.00 bits per heavy atom. The van der Waals surface area contributed by atoms with E-state index in [0.29, 0.717) is 5.15 Å². The standard InChI is InChI=1S/C15H13ClN2S2/c16-15-9-11(5-6-17-15)18-13(14-4-2-8-20-14)10-12-3-1-7-19-12/h1-9,13H,10H2,(H,17,18). The van der Waals surface area contributed by atoms with Gasteiger partial charge < -0.3 is 5.32 Å². The summed E-state index contributed by atoms with van der Waals surface area (Å²) in [7, 11) is 0. The minimum absolute atomic E-state index is 0.257. The Labute approximate surface area is 131 Å². The molecule has 1 atom stereocenters. The predicted molar refractivity (Wildman–Crippen MR) is 88.0 cm³/mol. The Bertz CT molecular complexity index is 650. The molecule has 0 fully saturated rings. The molecule has 0 saturated heterocycles. The van der Waals surface area contributed by atoms with Gasteiger partial charge in [0, 0.05) is 28.1 Å². The first-order valence-electron chi connectivity index (χ1n) is 6.25. The molecular weight excluding hydrogens is 308 g/mol. The van der Waals surface area contributed by atoms with E-state index in [2.05, 4.69) is 45.3 Å². The molecule has 0 aliphatic carbocycles. The summed E-state index contributed by atoms with van der Waals surface area (Å²) < 4.78 is 0. The number of nitrogens with one attached hydrogen (secondary N) is 1. The van der Waals surface area contributed by atoms with E-state index in [9.17, 15) is 0 Å². The normalized spacial score (nSPS) is 12.2. The Morgan fingerprint density at radius 3 is 2.70 bits per heavy atom. The summed E-state index contributed by atoms with van der Waals surface area (Å²) in [6.07, 6.45) is 2.69. The number of halogens is 1. The zero-order chi connectivity index (χ0) is 13.8. The van der Waals surface area contributed by atoms with Gasteiger partial charge in [0.1, 0.15) is 5.15 Å². The van der Waals surface area contributed by atoms with Crippen molar-refractivity contribution in [3.8, 4) is 0 Å². The van der Waals surface area contributed by atoms with Gasteiger partial charge in [0.15, 0.2) is 0 Å². The van der Waals surface area contributed by atoms with E-state index >= 15 is 0 Å². The minimum Gasteiger partial charge on any atom is -0.377 e. The van der Waals surface area contributed by atoms with Crippen LogP contribution in [-0.2, 0) is 6.42 Å². The molecular formula is C15H13ClN2S2. The number of rotatable bonds is 5. The molecule has 0 aliphatic heterocycles. The summed E-state index contributed by atoms with van der Waals surface area (Å²) in [5.41, 5.74) is 1.000. The van der Waals surface area contributed by atoms with Gasteiger partial charge in [0.05, 0.1) is 6.04 Å². The number of hydrogen-bond acceptors (Lipinski definition) is 4. The molecule has 0 saturated carbocycles. The van der Waals surface area contributed by atoms with Crippen LogP contribution in [0.4, 0.5) is 5.69 Å². The fourth-order valence-electron chi connectivity index (χ4n) is 2.04. The molecule has 3 heterocycles. The molecule has 2 nitrogen and oxygen atoms in total. The first kappa shape index (κ1) is 13.6. The van der Waals surface area contributed by atoms with Crippen LogP contribution in [0.15, 0.2) is 53.4 Å². The van der Waals surface area contributed by atoms with Crippen molar-refractivity contribution in [1.29, 1.82) is 0 Å². The van der Waals surface area contributed by atoms with E-state index in [4.69, 9.17) is 11.6 Å². The van der Waals surface area contributed by atoms with Crippen LogP contribution in [0.1, 0.15) is 15.8 Å². The molecule has 3 aromatic heterocycles. The zero-order valence-electron chi connectivity index (χ0n) is 10.6. The molecule has 0 aromatic carbocycles. The number of hydrogen-bond donors (Lipinski definition) is 1. The fraction of sp³-hybridized carbons (Fsp3) is 0.133. The number of nitrogens with zero attached hydrogens (tertiary/aromatic N) is 1. The van der Waals surface area contributed by atoms with Crippen LogP contribution >= 0.6 is 34.3 Å². The lowest BCUT2D eigenvalue weighted by molar-refractivity contribution is 0.802. The lowest BCUT2D eigenvalue weighted by atomic mass is 10.1. The second-order valence-corrected chi connectivity index (χ2v) is 6.76. The van der Waals surface area contributed by atoms with E-state index in [0.717, 1.165) is 12.1 Å². The van der Waals surface area contributed by atoms with Gasteiger partial charge in [0.2, 0.25) is 0 Å². The summed E-state index contributed by atoms with van der Waals surface area (Å²) in [5, 5.41) is 8.29. The van der Waals surface area contributed by atoms with Gasteiger partial charge in [-0.25, -0.2) is 4.98 Å². The third-order valence-electron chi connectivity index (χ3n) is 2.94. The Kier molecular flexibility index (Phi) is 4.35. The van der Waals surface area contributed by atoms with Crippen LogP contribution in [-0.4, -0.2) is 4.98 Å². The monoisotopic (exact) mass is 320 g/mol. The van der Waals surface area contributed by atoms with Crippen molar-refractivity contribution in [2.24, 2.45) is 0 Å². The van der Waals surface area contributed by atoms with Crippen LogP contribution in [0.2, 0.25) is 5.15 Å². The van der Waals surface area contributed by atoms with E-state index in [-0.39, 0.29) is 6.04 Å². The molecule has 0 radical (unpaired) electrons. The SMILES string of the molecule is Clc1cc(NC(Cc2cccs2)c2cccs2)ccn1. The van der Waals surface area contributed by atoms with Crippen LogP contribution in [0.3, 0.4) is 0 Å². The molecule has 1 unspecified atom stereocenters. The van der Waals surface area contributed by atoms with Crippen LogP contribution in [0, 0.1) is 0 Å². The van der Waals surface area contributed by atoms with Gasteiger partial charge >= 0.3 is 0 Å². The number of pyridine rings is 1.